The first-order valence-electron chi connectivity index (χ1n) is 6.17. The Morgan fingerprint density at radius 2 is 2.10 bits per heavy atom. The minimum Gasteiger partial charge on any atom is -0.395 e. The molecule has 1 amide bonds. The minimum atomic E-state index is -0.184. The number of aliphatic hydroxyl groups is 1. The first kappa shape index (κ1) is 13.8. The quantitative estimate of drug-likeness (QED) is 0.822. The van der Waals surface area contributed by atoms with Crippen molar-refractivity contribution in [2.75, 3.05) is 6.61 Å². The molecule has 0 aliphatic carbocycles. The summed E-state index contributed by atoms with van der Waals surface area (Å²) in [4.78, 5) is 11.9. The van der Waals surface area contributed by atoms with Crippen LogP contribution in [0.3, 0.4) is 0 Å². The third-order valence-corrected chi connectivity index (χ3v) is 2.53. The van der Waals surface area contributed by atoms with E-state index in [2.05, 4.69) is 22.3 Å². The monoisotopic (exact) mass is 270 g/mol. The molecule has 0 saturated carbocycles. The number of hydrogen-bond donors (Lipinski definition) is 2. The van der Waals surface area contributed by atoms with Crippen molar-refractivity contribution < 1.29 is 14.4 Å². The average molecular weight is 270 g/mol. The van der Waals surface area contributed by atoms with Gasteiger partial charge in [-0.25, -0.2) is 0 Å². The van der Waals surface area contributed by atoms with Crippen LogP contribution in [0.4, 0.5) is 0 Å². The van der Waals surface area contributed by atoms with E-state index in [4.69, 9.17) is 9.63 Å². The molecule has 0 saturated heterocycles. The van der Waals surface area contributed by atoms with Crippen molar-refractivity contribution in [3.63, 3.8) is 0 Å². The predicted octanol–water partition coefficient (Wildman–Crippen LogP) is 1.34. The third-order valence-electron chi connectivity index (χ3n) is 2.53. The van der Waals surface area contributed by atoms with Gasteiger partial charge in [0.15, 0.2) is 5.76 Å². The fraction of sp³-hybridized carbons (Fsp3) is 0.200. The van der Waals surface area contributed by atoms with Crippen LogP contribution in [0.2, 0.25) is 0 Å². The second kappa shape index (κ2) is 7.12. The van der Waals surface area contributed by atoms with Gasteiger partial charge in [-0.3, -0.25) is 4.79 Å². The van der Waals surface area contributed by atoms with Crippen molar-refractivity contribution >= 4 is 5.91 Å². The molecule has 0 radical (unpaired) electrons. The van der Waals surface area contributed by atoms with E-state index in [0.29, 0.717) is 24.3 Å². The van der Waals surface area contributed by atoms with E-state index in [9.17, 15) is 4.79 Å². The number of nitrogens with zero attached hydrogens (tertiary/aromatic N) is 1. The van der Waals surface area contributed by atoms with Crippen LogP contribution >= 0.6 is 0 Å². The second-order valence-corrected chi connectivity index (χ2v) is 4.01. The minimum absolute atomic E-state index is 0.0507. The summed E-state index contributed by atoms with van der Waals surface area (Å²) in [5, 5.41) is 14.9. The Balaban J connectivity index is 1.92. The normalized spacial score (nSPS) is 9.65. The van der Waals surface area contributed by atoms with Crippen molar-refractivity contribution in [2.24, 2.45) is 0 Å². The van der Waals surface area contributed by atoms with Gasteiger partial charge in [-0.2, -0.15) is 0 Å². The highest BCUT2D eigenvalue weighted by atomic mass is 16.5. The lowest BCUT2D eigenvalue weighted by Crippen LogP contribution is -2.22. The van der Waals surface area contributed by atoms with Gasteiger partial charge in [-0.05, 0) is 24.3 Å². The summed E-state index contributed by atoms with van der Waals surface area (Å²) in [5.74, 6) is 6.14. The lowest BCUT2D eigenvalue weighted by molar-refractivity contribution is 0.0947. The first-order valence-corrected chi connectivity index (χ1v) is 6.17. The fourth-order valence-electron chi connectivity index (χ4n) is 1.53. The highest BCUT2D eigenvalue weighted by molar-refractivity contribution is 5.94. The fourth-order valence-corrected chi connectivity index (χ4v) is 1.53. The smallest absolute Gasteiger partial charge is 0.251 e. The molecule has 0 fully saturated rings. The van der Waals surface area contributed by atoms with Crippen molar-refractivity contribution in [1.29, 1.82) is 0 Å². The summed E-state index contributed by atoms with van der Waals surface area (Å²) in [6.45, 7) is 0.353. The molecule has 0 aliphatic rings. The zero-order valence-electron chi connectivity index (χ0n) is 10.8. The number of nitrogens with one attached hydrogen (secondary N) is 1. The van der Waals surface area contributed by atoms with E-state index in [-0.39, 0.29) is 12.5 Å². The van der Waals surface area contributed by atoms with Crippen molar-refractivity contribution in [1.82, 2.24) is 10.5 Å². The van der Waals surface area contributed by atoms with Crippen LogP contribution in [-0.4, -0.2) is 22.8 Å². The standard InChI is InChI=1S/C15H14N2O3/c18-10-2-1-3-12-4-6-13(7-5-12)15(19)16-11-14-8-9-17-20-14/h4-9,18H,2,10-11H2,(H,16,19). The van der Waals surface area contributed by atoms with Gasteiger partial charge in [0.1, 0.15) is 0 Å². The lowest BCUT2D eigenvalue weighted by Gasteiger charge is -2.02. The molecule has 20 heavy (non-hydrogen) atoms. The number of benzene rings is 1. The number of amides is 1. The van der Waals surface area contributed by atoms with Gasteiger partial charge in [-0.15, -0.1) is 0 Å². The molecule has 2 aromatic rings. The van der Waals surface area contributed by atoms with Crippen molar-refractivity contribution in [2.45, 2.75) is 13.0 Å². The highest BCUT2D eigenvalue weighted by Gasteiger charge is 2.05. The Morgan fingerprint density at radius 3 is 2.75 bits per heavy atom. The van der Waals surface area contributed by atoms with E-state index < -0.39 is 0 Å². The Morgan fingerprint density at radius 1 is 1.30 bits per heavy atom. The number of carbonyl (C=O) groups is 1. The molecule has 102 valence electrons. The van der Waals surface area contributed by atoms with Gasteiger partial charge in [0.25, 0.3) is 5.91 Å². The maximum absolute atomic E-state index is 11.9. The summed E-state index contributed by atoms with van der Waals surface area (Å²) in [6.07, 6.45) is 1.97. The molecule has 2 rings (SSSR count). The summed E-state index contributed by atoms with van der Waals surface area (Å²) < 4.78 is 4.89. The van der Waals surface area contributed by atoms with Gasteiger partial charge >= 0.3 is 0 Å². The average Bonchev–Trinajstić information content (AvgIpc) is 2.99. The van der Waals surface area contributed by atoms with Crippen molar-refractivity contribution in [3.05, 3.63) is 53.4 Å². The molecule has 0 spiro atoms. The van der Waals surface area contributed by atoms with Gasteiger partial charge in [0.05, 0.1) is 19.3 Å². The van der Waals surface area contributed by atoms with E-state index in [1.165, 1.54) is 6.20 Å². The number of aliphatic hydroxyl groups excluding tert-OH is 1. The van der Waals surface area contributed by atoms with Gasteiger partial charge in [0, 0.05) is 23.6 Å². The van der Waals surface area contributed by atoms with E-state index in [1.54, 1.807) is 30.3 Å². The van der Waals surface area contributed by atoms with E-state index >= 15 is 0 Å². The maximum Gasteiger partial charge on any atom is 0.251 e. The van der Waals surface area contributed by atoms with Crippen LogP contribution in [0, 0.1) is 11.8 Å². The topological polar surface area (TPSA) is 75.4 Å². The number of carbonyl (C=O) groups excluding carboxylic acids is 1. The van der Waals surface area contributed by atoms with Crippen LogP contribution in [0.25, 0.3) is 0 Å². The molecule has 1 heterocycles. The molecule has 0 unspecified atom stereocenters. The maximum atomic E-state index is 11.9. The Bertz CT molecular complexity index is 607. The molecule has 5 heteroatoms. The van der Waals surface area contributed by atoms with E-state index in [0.717, 1.165) is 5.56 Å². The van der Waals surface area contributed by atoms with Gasteiger partial charge < -0.3 is 14.9 Å². The number of rotatable bonds is 4. The van der Waals surface area contributed by atoms with Crippen molar-refractivity contribution in [3.8, 4) is 11.8 Å². The summed E-state index contributed by atoms with van der Waals surface area (Å²) in [7, 11) is 0. The lowest BCUT2D eigenvalue weighted by atomic mass is 10.1. The zero-order chi connectivity index (χ0) is 14.2. The van der Waals surface area contributed by atoms with Gasteiger partial charge in [0.2, 0.25) is 0 Å². The highest BCUT2D eigenvalue weighted by Crippen LogP contribution is 2.04. The molecular weight excluding hydrogens is 256 g/mol. The SMILES string of the molecule is O=C(NCc1ccno1)c1ccc(C#CCCO)cc1. The summed E-state index contributed by atoms with van der Waals surface area (Å²) in [6, 6.07) is 8.65. The van der Waals surface area contributed by atoms with E-state index in [1.807, 2.05) is 0 Å². The molecule has 2 N–H and O–H groups in total. The molecule has 1 aromatic carbocycles. The van der Waals surface area contributed by atoms with Crippen LogP contribution in [0.15, 0.2) is 41.1 Å². The Hall–Kier alpha value is -2.58. The van der Waals surface area contributed by atoms with Crippen LogP contribution < -0.4 is 5.32 Å². The summed E-state index contributed by atoms with van der Waals surface area (Å²) in [5.41, 5.74) is 1.36. The van der Waals surface area contributed by atoms with Gasteiger partial charge in [-0.1, -0.05) is 17.0 Å². The van der Waals surface area contributed by atoms with Crippen LogP contribution in [0.1, 0.15) is 28.1 Å². The molecule has 5 nitrogen and oxygen atoms in total. The molecule has 0 atom stereocenters. The third kappa shape index (κ3) is 3.97. The summed E-state index contributed by atoms with van der Waals surface area (Å²) >= 11 is 0. The molecular formula is C15H14N2O3. The first-order chi connectivity index (χ1) is 9.79. The Labute approximate surface area is 116 Å². The predicted molar refractivity (Wildman–Crippen MR) is 72.7 cm³/mol. The molecule has 1 aromatic heterocycles. The largest absolute Gasteiger partial charge is 0.395 e. The molecule has 0 bridgehead atoms. The Kier molecular flexibility index (Phi) is 4.93. The van der Waals surface area contributed by atoms with Crippen LogP contribution in [0.5, 0.6) is 0 Å². The molecule has 0 aliphatic heterocycles. The van der Waals surface area contributed by atoms with Crippen LogP contribution in [-0.2, 0) is 6.54 Å². The number of aromatic nitrogens is 1. The number of hydrogen-bond acceptors (Lipinski definition) is 4. The second-order valence-electron chi connectivity index (χ2n) is 4.01. The zero-order valence-corrected chi connectivity index (χ0v) is 10.8.